The van der Waals surface area contributed by atoms with Crippen molar-refractivity contribution in [1.29, 1.82) is 0 Å². The van der Waals surface area contributed by atoms with Gasteiger partial charge in [-0.05, 0) is 34.6 Å². The molecule has 1 heterocycles. The zero-order valence-electron chi connectivity index (χ0n) is 10.3. The number of carbonyl (C=O) groups is 1. The van der Waals surface area contributed by atoms with Gasteiger partial charge in [-0.3, -0.25) is 5.10 Å². The number of rotatable bonds is 2. The third-order valence-electron chi connectivity index (χ3n) is 1.82. The second-order valence-corrected chi connectivity index (χ2v) is 5.09. The van der Waals surface area contributed by atoms with E-state index in [2.05, 4.69) is 20.5 Å². The maximum Gasteiger partial charge on any atom is 0.408 e. The zero-order chi connectivity index (χ0) is 12.4. The van der Waals surface area contributed by atoms with E-state index in [0.29, 0.717) is 5.82 Å². The normalized spacial score (nSPS) is 12.3. The van der Waals surface area contributed by atoms with Gasteiger partial charge in [0.05, 0.1) is 5.54 Å². The Morgan fingerprint density at radius 2 is 2.00 bits per heavy atom. The molecule has 0 aliphatic rings. The second kappa shape index (κ2) is 4.11. The summed E-state index contributed by atoms with van der Waals surface area (Å²) in [7, 11) is 0. The number of hydrogen-bond donors (Lipinski definition) is 2. The summed E-state index contributed by atoms with van der Waals surface area (Å²) >= 11 is 0. The number of aromatic amines is 1. The fourth-order valence-corrected chi connectivity index (χ4v) is 1.12. The minimum Gasteiger partial charge on any atom is -0.444 e. The second-order valence-electron chi connectivity index (χ2n) is 5.09. The number of aromatic nitrogens is 3. The van der Waals surface area contributed by atoms with Crippen molar-refractivity contribution >= 4 is 6.09 Å². The largest absolute Gasteiger partial charge is 0.444 e. The van der Waals surface area contributed by atoms with Gasteiger partial charge in [0, 0.05) is 0 Å². The van der Waals surface area contributed by atoms with Crippen LogP contribution in [-0.2, 0) is 10.3 Å². The molecule has 1 aromatic heterocycles. The summed E-state index contributed by atoms with van der Waals surface area (Å²) in [6.07, 6.45) is 0.919. The SMILES string of the molecule is CC(C)(C)OC(=O)NC(C)(C)c1ncn[nH]1. The van der Waals surface area contributed by atoms with E-state index in [4.69, 9.17) is 4.74 Å². The Morgan fingerprint density at radius 1 is 1.38 bits per heavy atom. The summed E-state index contributed by atoms with van der Waals surface area (Å²) in [6, 6.07) is 0. The number of hydrogen-bond acceptors (Lipinski definition) is 4. The topological polar surface area (TPSA) is 79.9 Å². The molecule has 1 amide bonds. The molecule has 0 radical (unpaired) electrons. The van der Waals surface area contributed by atoms with E-state index in [9.17, 15) is 4.79 Å². The lowest BCUT2D eigenvalue weighted by molar-refractivity contribution is 0.0466. The highest BCUT2D eigenvalue weighted by atomic mass is 16.6. The van der Waals surface area contributed by atoms with Crippen LogP contribution in [0.2, 0.25) is 0 Å². The lowest BCUT2D eigenvalue weighted by atomic mass is 10.1. The molecule has 0 saturated heterocycles. The van der Waals surface area contributed by atoms with Gasteiger partial charge in [0.25, 0.3) is 0 Å². The molecule has 0 aliphatic carbocycles. The highest BCUT2D eigenvalue weighted by molar-refractivity contribution is 5.68. The van der Waals surface area contributed by atoms with Crippen LogP contribution in [0.3, 0.4) is 0 Å². The van der Waals surface area contributed by atoms with E-state index in [-0.39, 0.29) is 0 Å². The van der Waals surface area contributed by atoms with Crippen LogP contribution in [-0.4, -0.2) is 26.9 Å². The summed E-state index contributed by atoms with van der Waals surface area (Å²) in [6.45, 7) is 9.07. The van der Waals surface area contributed by atoms with E-state index in [1.807, 2.05) is 34.6 Å². The molecule has 0 fully saturated rings. The maximum atomic E-state index is 11.6. The highest BCUT2D eigenvalue weighted by Crippen LogP contribution is 2.16. The van der Waals surface area contributed by atoms with E-state index in [1.54, 1.807) is 0 Å². The van der Waals surface area contributed by atoms with Gasteiger partial charge in [0.15, 0.2) is 0 Å². The summed E-state index contributed by atoms with van der Waals surface area (Å²) in [5.41, 5.74) is -1.15. The molecule has 1 rings (SSSR count). The van der Waals surface area contributed by atoms with Crippen molar-refractivity contribution in [2.45, 2.75) is 45.8 Å². The third kappa shape index (κ3) is 3.52. The van der Waals surface area contributed by atoms with E-state index in [1.165, 1.54) is 6.33 Å². The lowest BCUT2D eigenvalue weighted by Crippen LogP contribution is -2.44. The lowest BCUT2D eigenvalue weighted by Gasteiger charge is -2.26. The Morgan fingerprint density at radius 3 is 2.44 bits per heavy atom. The molecule has 0 unspecified atom stereocenters. The van der Waals surface area contributed by atoms with Crippen molar-refractivity contribution in [2.24, 2.45) is 0 Å². The van der Waals surface area contributed by atoms with Gasteiger partial charge in [-0.15, -0.1) is 0 Å². The molecule has 90 valence electrons. The molecule has 0 aliphatic heterocycles. The molecule has 1 aromatic rings. The van der Waals surface area contributed by atoms with Crippen molar-refractivity contribution < 1.29 is 9.53 Å². The Labute approximate surface area is 94.8 Å². The number of nitrogens with zero attached hydrogens (tertiary/aromatic N) is 2. The molecular formula is C10H18N4O2. The van der Waals surface area contributed by atoms with Gasteiger partial charge in [-0.1, -0.05) is 0 Å². The molecule has 6 nitrogen and oxygen atoms in total. The van der Waals surface area contributed by atoms with Crippen LogP contribution >= 0.6 is 0 Å². The van der Waals surface area contributed by atoms with Crippen LogP contribution < -0.4 is 5.32 Å². The molecule has 6 heteroatoms. The van der Waals surface area contributed by atoms with Crippen molar-refractivity contribution in [2.75, 3.05) is 0 Å². The zero-order valence-corrected chi connectivity index (χ0v) is 10.3. The fraction of sp³-hybridized carbons (Fsp3) is 0.700. The van der Waals surface area contributed by atoms with Crippen LogP contribution in [0.5, 0.6) is 0 Å². The number of alkyl carbamates (subject to hydrolysis) is 1. The van der Waals surface area contributed by atoms with Gasteiger partial charge in [0.1, 0.15) is 17.8 Å². The average molecular weight is 226 g/mol. The van der Waals surface area contributed by atoms with Gasteiger partial charge < -0.3 is 10.1 Å². The summed E-state index contributed by atoms with van der Waals surface area (Å²) < 4.78 is 5.16. The Kier molecular flexibility index (Phi) is 3.21. The molecule has 0 saturated carbocycles. The molecule has 0 aromatic carbocycles. The Balaban J connectivity index is 2.64. The summed E-state index contributed by atoms with van der Waals surface area (Å²) in [5, 5.41) is 9.18. The monoisotopic (exact) mass is 226 g/mol. The minimum atomic E-state index is -0.640. The Hall–Kier alpha value is -1.59. The van der Waals surface area contributed by atoms with Crippen LogP contribution in [0.25, 0.3) is 0 Å². The van der Waals surface area contributed by atoms with Crippen LogP contribution in [0.4, 0.5) is 4.79 Å². The smallest absolute Gasteiger partial charge is 0.408 e. The third-order valence-corrected chi connectivity index (χ3v) is 1.82. The molecule has 0 atom stereocenters. The van der Waals surface area contributed by atoms with Crippen LogP contribution in [0.1, 0.15) is 40.4 Å². The van der Waals surface area contributed by atoms with Crippen LogP contribution in [0.15, 0.2) is 6.33 Å². The van der Waals surface area contributed by atoms with Crippen LogP contribution in [0, 0.1) is 0 Å². The van der Waals surface area contributed by atoms with Gasteiger partial charge in [-0.25, -0.2) is 9.78 Å². The molecular weight excluding hydrogens is 208 g/mol. The van der Waals surface area contributed by atoms with Gasteiger partial charge in [0.2, 0.25) is 0 Å². The maximum absolute atomic E-state index is 11.6. The van der Waals surface area contributed by atoms with Crippen molar-refractivity contribution in [3.05, 3.63) is 12.2 Å². The molecule has 0 spiro atoms. The summed E-state index contributed by atoms with van der Waals surface area (Å²) in [4.78, 5) is 15.6. The van der Waals surface area contributed by atoms with E-state index >= 15 is 0 Å². The van der Waals surface area contributed by atoms with Gasteiger partial charge in [-0.2, -0.15) is 5.10 Å². The molecule has 0 bridgehead atoms. The number of amides is 1. The first-order valence-electron chi connectivity index (χ1n) is 5.08. The fourth-order valence-electron chi connectivity index (χ4n) is 1.12. The first kappa shape index (κ1) is 12.5. The number of H-pyrrole nitrogens is 1. The number of nitrogens with one attached hydrogen (secondary N) is 2. The summed E-state index contributed by atoms with van der Waals surface area (Å²) in [5.74, 6) is 0.582. The van der Waals surface area contributed by atoms with E-state index in [0.717, 1.165) is 0 Å². The molecule has 2 N–H and O–H groups in total. The predicted molar refractivity (Wildman–Crippen MR) is 58.8 cm³/mol. The standard InChI is InChI=1S/C10H18N4O2/c1-9(2,3)16-8(15)13-10(4,5)7-11-6-12-14-7/h6H,1-5H3,(H,13,15)(H,11,12,14). The van der Waals surface area contributed by atoms with E-state index < -0.39 is 17.2 Å². The number of carbonyl (C=O) groups excluding carboxylic acids is 1. The first-order chi connectivity index (χ1) is 7.21. The average Bonchev–Trinajstić information content (AvgIpc) is 2.49. The van der Waals surface area contributed by atoms with Crippen molar-refractivity contribution in [1.82, 2.24) is 20.5 Å². The van der Waals surface area contributed by atoms with Crippen molar-refractivity contribution in [3.8, 4) is 0 Å². The first-order valence-corrected chi connectivity index (χ1v) is 5.08. The quantitative estimate of drug-likeness (QED) is 0.802. The predicted octanol–water partition coefficient (Wildman–Crippen LogP) is 1.56. The molecule has 16 heavy (non-hydrogen) atoms. The highest BCUT2D eigenvalue weighted by Gasteiger charge is 2.28. The minimum absolute atomic E-state index is 0.478. The van der Waals surface area contributed by atoms with Crippen molar-refractivity contribution in [3.63, 3.8) is 0 Å². The Bertz CT molecular complexity index is 351. The number of ether oxygens (including phenoxy) is 1. The van der Waals surface area contributed by atoms with Gasteiger partial charge >= 0.3 is 6.09 Å².